The molecule has 0 saturated heterocycles. The fourth-order valence-electron chi connectivity index (χ4n) is 3.66. The first kappa shape index (κ1) is 21.4. The van der Waals surface area contributed by atoms with Crippen LogP contribution in [0.2, 0.25) is 0 Å². The van der Waals surface area contributed by atoms with Crippen LogP contribution in [0, 0.1) is 0 Å². The topological polar surface area (TPSA) is 107 Å². The SMILES string of the molecule is CCOc1cc([C@@H]2CC(=O)Nc3ncnn32)ccc1OCC(=O)Nc1ccccc1CC. The molecule has 4 rings (SSSR count). The van der Waals surface area contributed by atoms with E-state index in [4.69, 9.17) is 9.47 Å². The molecule has 2 heterocycles. The Morgan fingerprint density at radius 1 is 1.19 bits per heavy atom. The molecule has 166 valence electrons. The number of nitrogens with one attached hydrogen (secondary N) is 2. The Morgan fingerprint density at radius 2 is 2.03 bits per heavy atom. The average Bonchev–Trinajstić information content (AvgIpc) is 3.26. The minimum Gasteiger partial charge on any atom is -0.490 e. The highest BCUT2D eigenvalue weighted by molar-refractivity contribution is 5.92. The van der Waals surface area contributed by atoms with Crippen LogP contribution < -0.4 is 20.1 Å². The highest BCUT2D eigenvalue weighted by Crippen LogP contribution is 2.35. The fraction of sp³-hybridized carbons (Fsp3) is 0.304. The predicted octanol–water partition coefficient (Wildman–Crippen LogP) is 3.19. The lowest BCUT2D eigenvalue weighted by Crippen LogP contribution is -2.29. The van der Waals surface area contributed by atoms with Crippen LogP contribution in [0.1, 0.15) is 37.4 Å². The Hall–Kier alpha value is -3.88. The molecule has 2 N–H and O–H groups in total. The third-order valence-electron chi connectivity index (χ3n) is 5.18. The number of benzene rings is 2. The monoisotopic (exact) mass is 435 g/mol. The van der Waals surface area contributed by atoms with Gasteiger partial charge in [-0.1, -0.05) is 31.2 Å². The second-order valence-electron chi connectivity index (χ2n) is 7.28. The maximum absolute atomic E-state index is 12.4. The minimum atomic E-state index is -0.302. The standard InChI is InChI=1S/C23H25N5O4/c1-3-15-7-5-6-8-17(15)26-22(30)13-32-19-10-9-16(11-20(19)31-4-2)18-12-21(29)27-23-24-14-25-28(18)23/h5-11,14,18H,3-4,12-13H2,1-2H3,(H,26,30)(H,24,25,27,29)/t18-/m0/s1. The molecule has 0 saturated carbocycles. The van der Waals surface area contributed by atoms with Gasteiger partial charge in [0.15, 0.2) is 18.1 Å². The summed E-state index contributed by atoms with van der Waals surface area (Å²) in [7, 11) is 0. The van der Waals surface area contributed by atoms with Gasteiger partial charge in [0.2, 0.25) is 11.9 Å². The first-order chi connectivity index (χ1) is 15.6. The van der Waals surface area contributed by atoms with Gasteiger partial charge >= 0.3 is 0 Å². The molecule has 0 radical (unpaired) electrons. The van der Waals surface area contributed by atoms with E-state index in [2.05, 4.69) is 20.7 Å². The van der Waals surface area contributed by atoms with Gasteiger partial charge in [-0.25, -0.2) is 4.68 Å². The number of anilines is 2. The van der Waals surface area contributed by atoms with Crippen LogP contribution in [0.4, 0.5) is 11.6 Å². The maximum atomic E-state index is 12.4. The maximum Gasteiger partial charge on any atom is 0.262 e. The molecule has 32 heavy (non-hydrogen) atoms. The molecule has 9 nitrogen and oxygen atoms in total. The van der Waals surface area contributed by atoms with Gasteiger partial charge in [0.05, 0.1) is 19.1 Å². The Balaban J connectivity index is 1.49. The number of nitrogens with zero attached hydrogens (tertiary/aromatic N) is 3. The molecular formula is C23H25N5O4. The molecule has 0 fully saturated rings. The molecule has 2 amide bonds. The smallest absolute Gasteiger partial charge is 0.262 e. The number of aromatic nitrogens is 3. The van der Waals surface area contributed by atoms with E-state index >= 15 is 0 Å². The van der Waals surface area contributed by atoms with Crippen molar-refractivity contribution in [1.29, 1.82) is 0 Å². The van der Waals surface area contributed by atoms with E-state index in [1.54, 1.807) is 10.7 Å². The van der Waals surface area contributed by atoms with Gasteiger partial charge in [-0.15, -0.1) is 0 Å². The van der Waals surface area contributed by atoms with Crippen molar-refractivity contribution in [3.63, 3.8) is 0 Å². The number of hydrogen-bond acceptors (Lipinski definition) is 6. The summed E-state index contributed by atoms with van der Waals surface area (Å²) in [4.78, 5) is 28.6. The van der Waals surface area contributed by atoms with Crippen molar-refractivity contribution < 1.29 is 19.1 Å². The van der Waals surface area contributed by atoms with Crippen LogP contribution >= 0.6 is 0 Å². The molecule has 0 bridgehead atoms. The van der Waals surface area contributed by atoms with Crippen molar-refractivity contribution in [3.05, 3.63) is 59.9 Å². The highest BCUT2D eigenvalue weighted by atomic mass is 16.5. The second kappa shape index (κ2) is 9.51. The summed E-state index contributed by atoms with van der Waals surface area (Å²) in [6, 6.07) is 12.8. The Bertz CT molecular complexity index is 1130. The Kier molecular flexibility index (Phi) is 6.34. The summed E-state index contributed by atoms with van der Waals surface area (Å²) in [5.41, 5.74) is 2.68. The molecule has 1 atom stereocenters. The van der Waals surface area contributed by atoms with Gasteiger partial charge in [-0.2, -0.15) is 10.1 Å². The van der Waals surface area contributed by atoms with Crippen molar-refractivity contribution >= 4 is 23.5 Å². The minimum absolute atomic E-state index is 0.127. The molecule has 0 aliphatic carbocycles. The van der Waals surface area contributed by atoms with Gasteiger partial charge in [0.1, 0.15) is 6.33 Å². The van der Waals surface area contributed by atoms with Gasteiger partial charge < -0.3 is 14.8 Å². The second-order valence-corrected chi connectivity index (χ2v) is 7.28. The Morgan fingerprint density at radius 3 is 2.84 bits per heavy atom. The molecule has 9 heteroatoms. The van der Waals surface area contributed by atoms with E-state index in [0.717, 1.165) is 23.2 Å². The van der Waals surface area contributed by atoms with Gasteiger partial charge in [-0.3, -0.25) is 14.9 Å². The summed E-state index contributed by atoms with van der Waals surface area (Å²) in [6.07, 6.45) is 2.46. The summed E-state index contributed by atoms with van der Waals surface area (Å²) in [5, 5.41) is 9.82. The number of ether oxygens (including phenoxy) is 2. The molecular weight excluding hydrogens is 410 g/mol. The summed E-state index contributed by atoms with van der Waals surface area (Å²) >= 11 is 0. The molecule has 0 unspecified atom stereocenters. The van der Waals surface area contributed by atoms with Gasteiger partial charge in [0.25, 0.3) is 5.91 Å². The molecule has 2 aromatic carbocycles. The van der Waals surface area contributed by atoms with Crippen LogP contribution in [0.25, 0.3) is 0 Å². The predicted molar refractivity (Wildman–Crippen MR) is 119 cm³/mol. The van der Waals surface area contributed by atoms with E-state index in [1.165, 1.54) is 6.33 Å². The first-order valence-corrected chi connectivity index (χ1v) is 10.6. The van der Waals surface area contributed by atoms with Crippen LogP contribution in [-0.2, 0) is 16.0 Å². The van der Waals surface area contributed by atoms with Crippen molar-refractivity contribution in [2.75, 3.05) is 23.8 Å². The number of aryl methyl sites for hydroxylation is 1. The highest BCUT2D eigenvalue weighted by Gasteiger charge is 2.28. The van der Waals surface area contributed by atoms with Crippen molar-refractivity contribution in [2.24, 2.45) is 0 Å². The number of carbonyl (C=O) groups excluding carboxylic acids is 2. The normalized spacial score (nSPS) is 14.9. The summed E-state index contributed by atoms with van der Waals surface area (Å²) < 4.78 is 13.2. The van der Waals surface area contributed by atoms with E-state index in [9.17, 15) is 9.59 Å². The third kappa shape index (κ3) is 4.56. The zero-order valence-electron chi connectivity index (χ0n) is 18.0. The number of amides is 2. The molecule has 1 aliphatic heterocycles. The average molecular weight is 435 g/mol. The molecule has 1 aliphatic rings. The number of carbonyl (C=O) groups is 2. The summed E-state index contributed by atoms with van der Waals surface area (Å²) in [5.74, 6) is 0.980. The van der Waals surface area contributed by atoms with Crippen LogP contribution in [0.3, 0.4) is 0 Å². The molecule has 3 aromatic rings. The van der Waals surface area contributed by atoms with Crippen LogP contribution in [0.15, 0.2) is 48.8 Å². The van der Waals surface area contributed by atoms with E-state index in [0.29, 0.717) is 24.1 Å². The zero-order valence-corrected chi connectivity index (χ0v) is 18.0. The third-order valence-corrected chi connectivity index (χ3v) is 5.18. The van der Waals surface area contributed by atoms with Crippen LogP contribution in [-0.4, -0.2) is 39.8 Å². The van der Waals surface area contributed by atoms with Crippen molar-refractivity contribution in [2.45, 2.75) is 32.7 Å². The van der Waals surface area contributed by atoms with Gasteiger partial charge in [-0.05, 0) is 42.7 Å². The lowest BCUT2D eigenvalue weighted by atomic mass is 10.0. The number of para-hydroxylation sites is 1. The van der Waals surface area contributed by atoms with Crippen LogP contribution in [0.5, 0.6) is 11.5 Å². The van der Waals surface area contributed by atoms with E-state index in [1.807, 2.05) is 50.2 Å². The lowest BCUT2D eigenvalue weighted by molar-refractivity contribution is -0.118. The quantitative estimate of drug-likeness (QED) is 0.563. The van der Waals surface area contributed by atoms with Crippen molar-refractivity contribution in [1.82, 2.24) is 14.8 Å². The Labute approximate surface area is 185 Å². The van der Waals surface area contributed by atoms with Crippen molar-refractivity contribution in [3.8, 4) is 11.5 Å². The molecule has 0 spiro atoms. The van der Waals surface area contributed by atoms with E-state index < -0.39 is 0 Å². The lowest BCUT2D eigenvalue weighted by Gasteiger charge is -2.24. The molecule has 1 aromatic heterocycles. The first-order valence-electron chi connectivity index (χ1n) is 10.6. The fourth-order valence-corrected chi connectivity index (χ4v) is 3.66. The number of fused-ring (bicyclic) bond motifs is 1. The number of rotatable bonds is 8. The summed E-state index contributed by atoms with van der Waals surface area (Å²) in [6.45, 7) is 4.18. The zero-order chi connectivity index (χ0) is 22.5. The van der Waals surface area contributed by atoms with E-state index in [-0.39, 0.29) is 30.9 Å². The largest absolute Gasteiger partial charge is 0.490 e. The van der Waals surface area contributed by atoms with Gasteiger partial charge in [0, 0.05) is 5.69 Å². The number of hydrogen-bond donors (Lipinski definition) is 2.